The number of hydrogen-bond donors (Lipinski definition) is 3. The molecule has 0 aromatic rings. The number of carbonyl (C=O) groups excluding carboxylic acids is 2. The summed E-state index contributed by atoms with van der Waals surface area (Å²) < 4.78 is 26.2. The first-order valence-corrected chi connectivity index (χ1v) is 9.53. The molecule has 1 saturated heterocycles. The van der Waals surface area contributed by atoms with E-state index in [1.807, 2.05) is 0 Å². The first-order chi connectivity index (χ1) is 10.3. The number of nitrogens with one attached hydrogen (secondary N) is 3. The highest BCUT2D eigenvalue weighted by molar-refractivity contribution is 7.89. The van der Waals surface area contributed by atoms with Gasteiger partial charge in [-0.15, -0.1) is 0 Å². The van der Waals surface area contributed by atoms with Crippen LogP contribution in [0.5, 0.6) is 0 Å². The van der Waals surface area contributed by atoms with Crippen LogP contribution in [0.1, 0.15) is 39.0 Å². The molecule has 22 heavy (non-hydrogen) atoms. The Morgan fingerprint density at radius 2 is 2.09 bits per heavy atom. The average Bonchev–Trinajstić information content (AvgIpc) is 2.40. The van der Waals surface area contributed by atoms with Crippen LogP contribution >= 0.6 is 0 Å². The predicted octanol–water partition coefficient (Wildman–Crippen LogP) is -0.262. The quantitative estimate of drug-likeness (QED) is 0.559. The van der Waals surface area contributed by atoms with E-state index in [1.54, 1.807) is 6.92 Å². The van der Waals surface area contributed by atoms with Crippen LogP contribution in [0, 0.1) is 11.3 Å². The molecule has 2 rings (SSSR count). The van der Waals surface area contributed by atoms with Crippen LogP contribution in [-0.2, 0) is 19.6 Å². The lowest BCUT2D eigenvalue weighted by molar-refractivity contribution is -0.144. The van der Waals surface area contributed by atoms with Gasteiger partial charge in [0.25, 0.3) is 0 Å². The largest absolute Gasteiger partial charge is 0.355 e. The Morgan fingerprint density at radius 1 is 1.36 bits per heavy atom. The normalized spacial score (nSPS) is 26.1. The fraction of sp³-hybridized carbons (Fsp3) is 0.857. The maximum Gasteiger partial charge on any atom is 0.235 e. The van der Waals surface area contributed by atoms with E-state index < -0.39 is 21.3 Å². The van der Waals surface area contributed by atoms with Gasteiger partial charge < -0.3 is 10.6 Å². The smallest absolute Gasteiger partial charge is 0.235 e. The zero-order chi connectivity index (χ0) is 16.2. The fourth-order valence-corrected chi connectivity index (χ4v) is 3.68. The minimum absolute atomic E-state index is 0.0156. The first kappa shape index (κ1) is 17.2. The number of piperidine rings is 1. The van der Waals surface area contributed by atoms with Crippen molar-refractivity contribution in [3.05, 3.63) is 0 Å². The van der Waals surface area contributed by atoms with E-state index in [-0.39, 0.29) is 18.2 Å². The van der Waals surface area contributed by atoms with Crippen molar-refractivity contribution in [3.63, 3.8) is 0 Å². The molecule has 8 heteroatoms. The van der Waals surface area contributed by atoms with E-state index in [9.17, 15) is 18.0 Å². The Labute approximate surface area is 131 Å². The third-order valence-electron chi connectivity index (χ3n) is 4.61. The van der Waals surface area contributed by atoms with Gasteiger partial charge in [0.05, 0.1) is 5.75 Å². The summed E-state index contributed by atoms with van der Waals surface area (Å²) in [6, 6.07) is 0. The fourth-order valence-electron chi connectivity index (χ4n) is 2.68. The zero-order valence-electron chi connectivity index (χ0n) is 13.0. The van der Waals surface area contributed by atoms with Crippen molar-refractivity contribution in [1.29, 1.82) is 0 Å². The van der Waals surface area contributed by atoms with Crippen LogP contribution in [0.2, 0.25) is 0 Å². The number of amides is 2. The van der Waals surface area contributed by atoms with E-state index in [2.05, 4.69) is 15.4 Å². The van der Waals surface area contributed by atoms with E-state index in [4.69, 9.17) is 0 Å². The van der Waals surface area contributed by atoms with Crippen LogP contribution in [0.3, 0.4) is 0 Å². The van der Waals surface area contributed by atoms with Crippen molar-refractivity contribution in [3.8, 4) is 0 Å². The summed E-state index contributed by atoms with van der Waals surface area (Å²) >= 11 is 0. The van der Waals surface area contributed by atoms with Gasteiger partial charge in [-0.3, -0.25) is 9.59 Å². The second kappa shape index (κ2) is 6.95. The van der Waals surface area contributed by atoms with Crippen LogP contribution < -0.4 is 15.4 Å². The van der Waals surface area contributed by atoms with E-state index in [1.165, 1.54) is 6.42 Å². The molecule has 0 aromatic carbocycles. The number of rotatable bonds is 7. The molecule has 0 radical (unpaired) electrons. The van der Waals surface area contributed by atoms with Gasteiger partial charge in [-0.05, 0) is 38.5 Å². The van der Waals surface area contributed by atoms with Crippen LogP contribution in [0.25, 0.3) is 0 Å². The van der Waals surface area contributed by atoms with Gasteiger partial charge >= 0.3 is 0 Å². The molecule has 0 aromatic heterocycles. The molecule has 0 unspecified atom stereocenters. The maximum atomic E-state index is 12.2. The standard InChI is InChI=1S/C14H25N3O4S/c1-14(6-3-7-15-12(14)18)13(19)16-8-9-22(20,21)17-10-11-4-2-5-11/h11,17H,2-10H2,1H3,(H,15,18)(H,16,19)/t14-/m0/s1. The Balaban J connectivity index is 1.74. The molecule has 126 valence electrons. The molecule has 2 fully saturated rings. The van der Waals surface area contributed by atoms with Gasteiger partial charge in [-0.25, -0.2) is 13.1 Å². The molecule has 7 nitrogen and oxygen atoms in total. The van der Waals surface area contributed by atoms with Crippen molar-refractivity contribution >= 4 is 21.8 Å². The van der Waals surface area contributed by atoms with Gasteiger partial charge in [0.2, 0.25) is 21.8 Å². The Bertz CT molecular complexity index is 530. The van der Waals surface area contributed by atoms with E-state index >= 15 is 0 Å². The Kier molecular flexibility index (Phi) is 5.44. The van der Waals surface area contributed by atoms with Crippen molar-refractivity contribution in [2.45, 2.75) is 39.0 Å². The molecule has 3 N–H and O–H groups in total. The topological polar surface area (TPSA) is 104 Å². The lowest BCUT2D eigenvalue weighted by Gasteiger charge is -2.31. The van der Waals surface area contributed by atoms with Crippen molar-refractivity contribution in [2.24, 2.45) is 11.3 Å². The lowest BCUT2D eigenvalue weighted by Crippen LogP contribution is -2.53. The molecule has 0 spiro atoms. The SMILES string of the molecule is C[C@]1(C(=O)NCCS(=O)(=O)NCC2CCC2)CCCNC1=O. The third kappa shape index (κ3) is 4.19. The summed E-state index contributed by atoms with van der Waals surface area (Å²) in [5, 5.41) is 5.25. The van der Waals surface area contributed by atoms with E-state index in [0.29, 0.717) is 25.4 Å². The summed E-state index contributed by atoms with van der Waals surface area (Å²) in [6.45, 7) is 2.68. The van der Waals surface area contributed by atoms with Crippen LogP contribution in [-0.4, -0.2) is 45.6 Å². The molecule has 1 aliphatic heterocycles. The monoisotopic (exact) mass is 331 g/mol. The van der Waals surface area contributed by atoms with Gasteiger partial charge in [0.15, 0.2) is 0 Å². The maximum absolute atomic E-state index is 12.2. The molecule has 1 atom stereocenters. The average molecular weight is 331 g/mol. The van der Waals surface area contributed by atoms with E-state index in [0.717, 1.165) is 19.3 Å². The number of carbonyl (C=O) groups is 2. The summed E-state index contributed by atoms with van der Waals surface area (Å²) in [4.78, 5) is 24.0. The number of hydrogen-bond acceptors (Lipinski definition) is 4. The molecule has 1 heterocycles. The number of sulfonamides is 1. The summed E-state index contributed by atoms with van der Waals surface area (Å²) in [6.07, 6.45) is 4.55. The van der Waals surface area contributed by atoms with Gasteiger partial charge in [0, 0.05) is 19.6 Å². The molecule has 1 saturated carbocycles. The van der Waals surface area contributed by atoms with Gasteiger partial charge in [0.1, 0.15) is 5.41 Å². The summed E-state index contributed by atoms with van der Waals surface area (Å²) in [5.41, 5.74) is -1.10. The Morgan fingerprint density at radius 3 is 2.68 bits per heavy atom. The summed E-state index contributed by atoms with van der Waals surface area (Å²) in [5.74, 6) is -0.404. The van der Waals surface area contributed by atoms with Crippen molar-refractivity contribution in [2.75, 3.05) is 25.4 Å². The highest BCUT2D eigenvalue weighted by Gasteiger charge is 2.42. The third-order valence-corrected chi connectivity index (χ3v) is 5.96. The second-order valence-electron chi connectivity index (χ2n) is 6.41. The van der Waals surface area contributed by atoms with Crippen LogP contribution in [0.15, 0.2) is 0 Å². The van der Waals surface area contributed by atoms with Crippen molar-refractivity contribution < 1.29 is 18.0 Å². The molecular formula is C14H25N3O4S. The molecule has 2 amide bonds. The van der Waals surface area contributed by atoms with Gasteiger partial charge in [-0.1, -0.05) is 6.42 Å². The predicted molar refractivity (Wildman–Crippen MR) is 82.5 cm³/mol. The highest BCUT2D eigenvalue weighted by atomic mass is 32.2. The molecular weight excluding hydrogens is 306 g/mol. The lowest BCUT2D eigenvalue weighted by atomic mass is 9.81. The molecule has 0 bridgehead atoms. The minimum atomic E-state index is -3.38. The Hall–Kier alpha value is -1.15. The molecule has 2 aliphatic rings. The van der Waals surface area contributed by atoms with Crippen molar-refractivity contribution in [1.82, 2.24) is 15.4 Å². The van der Waals surface area contributed by atoms with Crippen LogP contribution in [0.4, 0.5) is 0 Å². The summed E-state index contributed by atoms with van der Waals surface area (Å²) in [7, 11) is -3.38. The van der Waals surface area contributed by atoms with Gasteiger partial charge in [-0.2, -0.15) is 0 Å². The second-order valence-corrected chi connectivity index (χ2v) is 8.34. The minimum Gasteiger partial charge on any atom is -0.355 e. The zero-order valence-corrected chi connectivity index (χ0v) is 13.8. The highest BCUT2D eigenvalue weighted by Crippen LogP contribution is 2.27. The molecule has 1 aliphatic carbocycles. The first-order valence-electron chi connectivity index (χ1n) is 7.87.